The molecule has 0 aliphatic carbocycles. The molecule has 1 atom stereocenters. The van der Waals surface area contributed by atoms with E-state index in [1.807, 2.05) is 44.2 Å². The van der Waals surface area contributed by atoms with Gasteiger partial charge in [0.1, 0.15) is 11.9 Å². The second-order valence-corrected chi connectivity index (χ2v) is 6.91. The van der Waals surface area contributed by atoms with Crippen molar-refractivity contribution in [2.45, 2.75) is 45.7 Å². The predicted molar refractivity (Wildman–Crippen MR) is 101 cm³/mol. The van der Waals surface area contributed by atoms with E-state index in [9.17, 15) is 9.59 Å². The van der Waals surface area contributed by atoms with Crippen LogP contribution >= 0.6 is 11.6 Å². The van der Waals surface area contributed by atoms with Gasteiger partial charge in [0.05, 0.1) is 12.2 Å². The van der Waals surface area contributed by atoms with Crippen LogP contribution in [0.5, 0.6) is 0 Å². The van der Waals surface area contributed by atoms with Gasteiger partial charge in [-0.05, 0) is 37.5 Å². The summed E-state index contributed by atoms with van der Waals surface area (Å²) in [6.07, 6.45) is 1.62. The predicted octanol–water partition coefficient (Wildman–Crippen LogP) is 2.72. The Bertz CT molecular complexity index is 800. The third kappa shape index (κ3) is 3.90. The summed E-state index contributed by atoms with van der Waals surface area (Å²) in [5.74, 6) is 0.540. The zero-order chi connectivity index (χ0) is 18.7. The molecule has 0 radical (unpaired) electrons. The lowest BCUT2D eigenvalue weighted by Crippen LogP contribution is -2.52. The van der Waals surface area contributed by atoms with E-state index in [1.165, 1.54) is 0 Å². The van der Waals surface area contributed by atoms with E-state index < -0.39 is 6.04 Å². The first-order valence-electron chi connectivity index (χ1n) is 8.88. The summed E-state index contributed by atoms with van der Waals surface area (Å²) in [6.45, 7) is 4.88. The normalized spacial score (nSPS) is 14.9. The number of halogens is 1. The van der Waals surface area contributed by atoms with Crippen molar-refractivity contribution in [2.24, 2.45) is 0 Å². The van der Waals surface area contributed by atoms with Crippen LogP contribution in [0.25, 0.3) is 0 Å². The molecule has 0 saturated carbocycles. The van der Waals surface area contributed by atoms with E-state index in [0.29, 0.717) is 43.2 Å². The van der Waals surface area contributed by atoms with E-state index in [1.54, 1.807) is 9.58 Å². The number of rotatable bonds is 6. The van der Waals surface area contributed by atoms with Crippen LogP contribution in [0.4, 0.5) is 5.82 Å². The molecule has 1 aromatic heterocycles. The van der Waals surface area contributed by atoms with Crippen LogP contribution in [0.3, 0.4) is 0 Å². The Morgan fingerprint density at radius 1 is 1.35 bits per heavy atom. The second kappa shape index (κ2) is 7.91. The zero-order valence-corrected chi connectivity index (χ0v) is 15.8. The molecule has 2 aromatic rings. The van der Waals surface area contributed by atoms with Gasteiger partial charge in [-0.3, -0.25) is 14.5 Å². The first kappa shape index (κ1) is 18.5. The van der Waals surface area contributed by atoms with Crippen molar-refractivity contribution >= 4 is 29.2 Å². The van der Waals surface area contributed by atoms with Crippen molar-refractivity contribution in [1.82, 2.24) is 15.1 Å². The summed E-state index contributed by atoms with van der Waals surface area (Å²) in [4.78, 5) is 26.8. The highest BCUT2D eigenvalue weighted by atomic mass is 35.5. The number of hydrogen-bond acceptors (Lipinski definition) is 3. The quantitative estimate of drug-likeness (QED) is 0.845. The van der Waals surface area contributed by atoms with E-state index in [4.69, 9.17) is 11.6 Å². The van der Waals surface area contributed by atoms with Crippen LogP contribution in [0.15, 0.2) is 30.3 Å². The van der Waals surface area contributed by atoms with Gasteiger partial charge >= 0.3 is 0 Å². The van der Waals surface area contributed by atoms with Gasteiger partial charge in [-0.15, -0.1) is 0 Å². The largest absolute Gasteiger partial charge is 0.354 e. The molecule has 0 bridgehead atoms. The van der Waals surface area contributed by atoms with Crippen molar-refractivity contribution in [1.29, 1.82) is 0 Å². The number of amides is 2. The number of aromatic nitrogens is 2. The smallest absolute Gasteiger partial charge is 0.243 e. The van der Waals surface area contributed by atoms with E-state index in [-0.39, 0.29) is 11.8 Å². The first-order valence-corrected chi connectivity index (χ1v) is 9.26. The lowest BCUT2D eigenvalue weighted by molar-refractivity contribution is -0.127. The Morgan fingerprint density at radius 2 is 2.08 bits per heavy atom. The van der Waals surface area contributed by atoms with Crippen LogP contribution in [0, 0.1) is 6.92 Å². The molecule has 2 amide bonds. The number of aryl methyl sites for hydroxylation is 2. The molecule has 26 heavy (non-hydrogen) atoms. The summed E-state index contributed by atoms with van der Waals surface area (Å²) in [6, 6.07) is 8.90. The summed E-state index contributed by atoms with van der Waals surface area (Å²) in [7, 11) is 0. The maximum Gasteiger partial charge on any atom is 0.243 e. The Kier molecular flexibility index (Phi) is 5.61. The molecule has 0 saturated heterocycles. The van der Waals surface area contributed by atoms with Crippen molar-refractivity contribution in [3.63, 3.8) is 0 Å². The molecule has 7 heteroatoms. The number of fused-ring (bicyclic) bond motifs is 1. The Labute approximate surface area is 158 Å². The average Bonchev–Trinajstić information content (AvgIpc) is 2.99. The fourth-order valence-electron chi connectivity index (χ4n) is 3.26. The summed E-state index contributed by atoms with van der Waals surface area (Å²) in [5, 5.41) is 8.05. The maximum absolute atomic E-state index is 12.7. The number of carbonyl (C=O) groups excluding carboxylic acids is 2. The number of nitrogens with one attached hydrogen (secondary N) is 1. The maximum atomic E-state index is 12.7. The third-order valence-electron chi connectivity index (χ3n) is 4.56. The Hall–Kier alpha value is -2.34. The van der Waals surface area contributed by atoms with Crippen LogP contribution in [0.2, 0.25) is 5.02 Å². The van der Waals surface area contributed by atoms with Gasteiger partial charge in [0.25, 0.3) is 0 Å². The van der Waals surface area contributed by atoms with Crippen molar-refractivity contribution in [3.8, 4) is 0 Å². The minimum atomic E-state index is -0.525. The lowest BCUT2D eigenvalue weighted by Gasteiger charge is -2.33. The fourth-order valence-corrected chi connectivity index (χ4v) is 3.38. The highest BCUT2D eigenvalue weighted by Crippen LogP contribution is 2.26. The molecule has 2 heterocycles. The van der Waals surface area contributed by atoms with Gasteiger partial charge in [-0.25, -0.2) is 4.68 Å². The third-order valence-corrected chi connectivity index (χ3v) is 4.81. The molecule has 0 spiro atoms. The SMILES string of the molecule is CC[C@@H](C(=O)NCCc1ccc(Cl)cc1)N1C(=O)CCn2nc(C)cc21. The average molecular weight is 375 g/mol. The fraction of sp³-hybridized carbons (Fsp3) is 0.421. The van der Waals surface area contributed by atoms with Gasteiger partial charge < -0.3 is 5.32 Å². The summed E-state index contributed by atoms with van der Waals surface area (Å²) in [5.41, 5.74) is 1.95. The van der Waals surface area contributed by atoms with Crippen LogP contribution in [-0.4, -0.2) is 34.2 Å². The Morgan fingerprint density at radius 3 is 2.77 bits per heavy atom. The molecule has 1 aliphatic heterocycles. The molecule has 1 aliphatic rings. The molecular weight excluding hydrogens is 352 g/mol. The second-order valence-electron chi connectivity index (χ2n) is 6.47. The molecule has 138 valence electrons. The van der Waals surface area contributed by atoms with Crippen molar-refractivity contribution < 1.29 is 9.59 Å². The Balaban J connectivity index is 1.67. The van der Waals surface area contributed by atoms with Gasteiger partial charge in [-0.1, -0.05) is 30.7 Å². The highest BCUT2D eigenvalue weighted by Gasteiger charge is 2.34. The molecule has 6 nitrogen and oxygen atoms in total. The van der Waals surface area contributed by atoms with Crippen molar-refractivity contribution in [2.75, 3.05) is 11.4 Å². The topological polar surface area (TPSA) is 67.2 Å². The molecule has 0 unspecified atom stereocenters. The van der Waals surface area contributed by atoms with E-state index in [2.05, 4.69) is 10.4 Å². The van der Waals surface area contributed by atoms with Gasteiger partial charge in [0.2, 0.25) is 11.8 Å². The monoisotopic (exact) mass is 374 g/mol. The first-order chi connectivity index (χ1) is 12.5. The number of carbonyl (C=O) groups is 2. The highest BCUT2D eigenvalue weighted by molar-refractivity contribution is 6.30. The van der Waals surface area contributed by atoms with Crippen LogP contribution in [0.1, 0.15) is 31.0 Å². The number of hydrogen-bond donors (Lipinski definition) is 1. The number of anilines is 1. The number of benzene rings is 1. The minimum absolute atomic E-state index is 0.0305. The van der Waals surface area contributed by atoms with E-state index in [0.717, 1.165) is 11.3 Å². The van der Waals surface area contributed by atoms with Crippen LogP contribution in [-0.2, 0) is 22.6 Å². The molecule has 0 fully saturated rings. The standard InChI is InChI=1S/C19H23ClN4O2/c1-3-16(19(26)21-10-8-14-4-6-15(20)7-5-14)24-17-12-13(2)22-23(17)11-9-18(24)25/h4-7,12,16H,3,8-11H2,1-2H3,(H,21,26)/t16-/m0/s1. The van der Waals surface area contributed by atoms with E-state index >= 15 is 0 Å². The zero-order valence-electron chi connectivity index (χ0n) is 15.0. The molecule has 1 aromatic carbocycles. The molecule has 3 rings (SSSR count). The summed E-state index contributed by atoms with van der Waals surface area (Å²) < 4.78 is 1.81. The van der Waals surface area contributed by atoms with Gasteiger partial charge in [0.15, 0.2) is 0 Å². The lowest BCUT2D eigenvalue weighted by atomic mass is 10.1. The van der Waals surface area contributed by atoms with Gasteiger partial charge in [-0.2, -0.15) is 5.10 Å². The molecule has 1 N–H and O–H groups in total. The van der Waals surface area contributed by atoms with Crippen LogP contribution < -0.4 is 10.2 Å². The van der Waals surface area contributed by atoms with Crippen molar-refractivity contribution in [3.05, 3.63) is 46.6 Å². The molecular formula is C19H23ClN4O2. The number of nitrogens with zero attached hydrogens (tertiary/aromatic N) is 3. The summed E-state index contributed by atoms with van der Waals surface area (Å²) >= 11 is 5.88. The van der Waals surface area contributed by atoms with Gasteiger partial charge in [0, 0.05) is 24.1 Å². The minimum Gasteiger partial charge on any atom is -0.354 e.